The first kappa shape index (κ1) is 38.2. The van der Waals surface area contributed by atoms with Crippen molar-refractivity contribution in [3.63, 3.8) is 0 Å². The summed E-state index contributed by atoms with van der Waals surface area (Å²) >= 11 is 0. The fourth-order valence-corrected chi connectivity index (χ4v) is 11.9. The maximum atomic E-state index is 4.15. The molecule has 290 valence electrons. The summed E-state index contributed by atoms with van der Waals surface area (Å²) in [5.41, 5.74) is 14.2. The van der Waals surface area contributed by atoms with Crippen LogP contribution in [0.1, 0.15) is 18.9 Å². The Morgan fingerprint density at radius 2 is 1.39 bits per heavy atom. The predicted octanol–water partition coefficient (Wildman–Crippen LogP) is 14.0. The number of hydrogen-bond donors (Lipinski definition) is 0. The number of nitrogens with zero attached hydrogens (tertiary/aromatic N) is 1. The molecule has 0 spiro atoms. The van der Waals surface area contributed by atoms with Crippen molar-refractivity contribution in [3.8, 4) is 22.3 Å². The Balaban J connectivity index is 1.36. The smallest absolute Gasteiger partial charge is 0.0593 e. The molecule has 2 heteroatoms. The largest absolute Gasteiger partial charge is 0.303 e. The monoisotopic (exact) mass is 781 g/mol. The summed E-state index contributed by atoms with van der Waals surface area (Å²) in [6.07, 6.45) is 21.9. The second kappa shape index (κ2) is 16.1. The molecule has 0 aliphatic heterocycles. The third-order valence-corrected chi connectivity index (χ3v) is 14.4. The SMILES string of the molecule is C=C/C=c1/cccc/c1=C(/CS(C)(C)N(c1cccc(-c2ccccc2)c1)c1ccc2ccccc2c1-c1c(C)ccc2ccccc12)C1=C(C)C=CC2CC=CC=C12. The summed E-state index contributed by atoms with van der Waals surface area (Å²) < 4.78 is 2.74. The summed E-state index contributed by atoms with van der Waals surface area (Å²) in [5.74, 6) is 1.22. The summed E-state index contributed by atoms with van der Waals surface area (Å²) in [6.45, 7) is 8.72. The molecule has 7 aromatic carbocycles. The van der Waals surface area contributed by atoms with Gasteiger partial charge in [-0.3, -0.25) is 0 Å². The van der Waals surface area contributed by atoms with E-state index in [-0.39, 0.29) is 0 Å². The van der Waals surface area contributed by atoms with E-state index in [0.29, 0.717) is 5.92 Å². The van der Waals surface area contributed by atoms with Gasteiger partial charge >= 0.3 is 0 Å². The zero-order valence-corrected chi connectivity index (χ0v) is 35.3. The molecule has 9 rings (SSSR count). The lowest BCUT2D eigenvalue weighted by atomic mass is 9.77. The van der Waals surface area contributed by atoms with Crippen molar-refractivity contribution < 1.29 is 0 Å². The zero-order valence-electron chi connectivity index (χ0n) is 34.5. The van der Waals surface area contributed by atoms with Crippen LogP contribution in [0.2, 0.25) is 0 Å². The van der Waals surface area contributed by atoms with E-state index in [4.69, 9.17) is 0 Å². The van der Waals surface area contributed by atoms with Crippen LogP contribution in [0.5, 0.6) is 0 Å². The summed E-state index contributed by atoms with van der Waals surface area (Å²) in [7, 11) is -1.73. The molecule has 1 atom stereocenters. The van der Waals surface area contributed by atoms with Crippen LogP contribution in [-0.2, 0) is 0 Å². The van der Waals surface area contributed by atoms with E-state index in [9.17, 15) is 0 Å². The normalized spacial score (nSPS) is 16.2. The van der Waals surface area contributed by atoms with E-state index in [0.717, 1.165) is 12.2 Å². The molecule has 0 fully saturated rings. The quantitative estimate of drug-likeness (QED) is 0.141. The highest BCUT2D eigenvalue weighted by Gasteiger charge is 2.33. The van der Waals surface area contributed by atoms with Crippen LogP contribution in [0.15, 0.2) is 211 Å². The Kier molecular flexibility index (Phi) is 10.4. The number of benzene rings is 7. The van der Waals surface area contributed by atoms with Crippen molar-refractivity contribution in [1.29, 1.82) is 0 Å². The van der Waals surface area contributed by atoms with Gasteiger partial charge in [0.2, 0.25) is 0 Å². The van der Waals surface area contributed by atoms with Crippen LogP contribution in [0.4, 0.5) is 11.4 Å². The number of anilines is 2. The van der Waals surface area contributed by atoms with Crippen LogP contribution in [0.25, 0.3) is 55.4 Å². The first-order chi connectivity index (χ1) is 28.8. The van der Waals surface area contributed by atoms with Gasteiger partial charge in [-0.25, -0.2) is 0 Å². The molecule has 0 saturated carbocycles. The number of fused-ring (bicyclic) bond motifs is 3. The second-order valence-electron chi connectivity index (χ2n) is 16.3. The third-order valence-electron chi connectivity index (χ3n) is 12.0. The molecule has 1 nitrogen and oxygen atoms in total. The topological polar surface area (TPSA) is 3.24 Å². The molecule has 2 aliphatic carbocycles. The fourth-order valence-electron chi connectivity index (χ4n) is 9.37. The van der Waals surface area contributed by atoms with E-state index in [2.05, 4.69) is 225 Å². The molecule has 2 aliphatic rings. The molecule has 0 N–H and O–H groups in total. The standard InChI is InChI=1S/C57H51NS/c1-6-19-43-22-10-14-28-49(43)53(55-40(2)32-34-44-23-11-15-29-50(44)55)39-59(4,5)58(48-27-18-26-47(38-48)42-20-8-7-9-21-42)54-37-36-46-25-13-17-31-52(46)57(54)56-41(3)33-35-45-24-12-16-30-51(45)56/h6-22,24-38,44H,1,23,39H2,2-5H3/b43-19-,53-49+. The highest BCUT2D eigenvalue weighted by molar-refractivity contribution is 8.34. The molecule has 0 amide bonds. The van der Waals surface area contributed by atoms with Gasteiger partial charge in [-0.2, -0.15) is 10.2 Å². The van der Waals surface area contributed by atoms with Crippen LogP contribution in [0.3, 0.4) is 0 Å². The van der Waals surface area contributed by atoms with Gasteiger partial charge < -0.3 is 4.31 Å². The Bertz CT molecular complexity index is 3010. The number of hydrogen-bond acceptors (Lipinski definition) is 1. The van der Waals surface area contributed by atoms with E-state index in [1.54, 1.807) is 0 Å². The van der Waals surface area contributed by atoms with E-state index >= 15 is 0 Å². The van der Waals surface area contributed by atoms with E-state index < -0.39 is 10.2 Å². The van der Waals surface area contributed by atoms with Crippen molar-refractivity contribution in [2.75, 3.05) is 22.6 Å². The average Bonchev–Trinajstić information content (AvgIpc) is 3.27. The molecule has 7 aromatic rings. The van der Waals surface area contributed by atoms with Gasteiger partial charge in [-0.15, -0.1) is 0 Å². The Morgan fingerprint density at radius 1 is 0.712 bits per heavy atom. The van der Waals surface area contributed by atoms with Crippen LogP contribution in [0, 0.1) is 12.8 Å². The third kappa shape index (κ3) is 7.24. The zero-order chi connectivity index (χ0) is 40.5. The number of aryl methyl sites for hydroxylation is 1. The molecular weight excluding hydrogens is 731 g/mol. The maximum Gasteiger partial charge on any atom is 0.0593 e. The van der Waals surface area contributed by atoms with Gasteiger partial charge in [-0.05, 0) is 128 Å². The van der Waals surface area contributed by atoms with Crippen LogP contribution in [-0.4, -0.2) is 18.3 Å². The summed E-state index contributed by atoms with van der Waals surface area (Å²) in [5, 5.41) is 7.49. The number of rotatable bonds is 9. The molecule has 0 bridgehead atoms. The molecule has 0 aromatic heterocycles. The maximum absolute atomic E-state index is 4.15. The molecule has 1 unspecified atom stereocenters. The Labute approximate surface area is 351 Å². The van der Waals surface area contributed by atoms with Crippen LogP contribution >= 0.6 is 10.2 Å². The lowest BCUT2D eigenvalue weighted by molar-refractivity contribution is 0.767. The molecule has 59 heavy (non-hydrogen) atoms. The molecule has 0 saturated heterocycles. The first-order valence-corrected chi connectivity index (χ1v) is 23.2. The lowest BCUT2D eigenvalue weighted by Gasteiger charge is -2.47. The van der Waals surface area contributed by atoms with Crippen LogP contribution < -0.4 is 14.7 Å². The van der Waals surface area contributed by atoms with Crippen molar-refractivity contribution >= 4 is 54.8 Å². The van der Waals surface area contributed by atoms with Gasteiger partial charge in [0.1, 0.15) is 0 Å². The van der Waals surface area contributed by atoms with Gasteiger partial charge in [0.15, 0.2) is 0 Å². The van der Waals surface area contributed by atoms with Crippen molar-refractivity contribution in [1.82, 2.24) is 0 Å². The van der Waals surface area contributed by atoms with Crippen molar-refractivity contribution in [2.45, 2.75) is 20.3 Å². The first-order valence-electron chi connectivity index (χ1n) is 20.7. The lowest BCUT2D eigenvalue weighted by Crippen LogP contribution is -2.33. The van der Waals surface area contributed by atoms with Gasteiger partial charge in [0.25, 0.3) is 0 Å². The van der Waals surface area contributed by atoms with Gasteiger partial charge in [0, 0.05) is 17.2 Å². The van der Waals surface area contributed by atoms with Crippen molar-refractivity contribution in [3.05, 3.63) is 227 Å². The van der Waals surface area contributed by atoms with Crippen molar-refractivity contribution in [2.24, 2.45) is 5.92 Å². The summed E-state index contributed by atoms with van der Waals surface area (Å²) in [4.78, 5) is 0. The molecule has 0 heterocycles. The highest BCUT2D eigenvalue weighted by atomic mass is 32.3. The minimum absolute atomic E-state index is 0.363. The second-order valence-corrected chi connectivity index (χ2v) is 19.9. The van der Waals surface area contributed by atoms with E-state index in [1.165, 1.54) is 93.5 Å². The highest BCUT2D eigenvalue weighted by Crippen LogP contribution is 2.58. The van der Waals surface area contributed by atoms with E-state index in [1.807, 2.05) is 6.08 Å². The Morgan fingerprint density at radius 3 is 2.17 bits per heavy atom. The summed E-state index contributed by atoms with van der Waals surface area (Å²) in [6, 6.07) is 56.1. The minimum Gasteiger partial charge on any atom is -0.303 e. The predicted molar refractivity (Wildman–Crippen MR) is 261 cm³/mol. The average molecular weight is 782 g/mol. The van der Waals surface area contributed by atoms with Gasteiger partial charge in [0.05, 0.1) is 11.4 Å². The Hall–Kier alpha value is -6.35. The number of allylic oxidation sites excluding steroid dienone is 9. The molecular formula is C57H51NS. The minimum atomic E-state index is -1.73. The molecule has 0 radical (unpaired) electrons. The fraction of sp³-hybridized carbons (Fsp3) is 0.123. The van der Waals surface area contributed by atoms with Gasteiger partial charge in [-0.1, -0.05) is 183 Å².